The maximum absolute atomic E-state index is 12.0. The van der Waals surface area contributed by atoms with E-state index in [0.29, 0.717) is 10.8 Å². The Morgan fingerprint density at radius 3 is 3.00 bits per heavy atom. The van der Waals surface area contributed by atoms with Gasteiger partial charge in [0.25, 0.3) is 5.91 Å². The number of hydrogen-bond acceptors (Lipinski definition) is 4. The molecule has 0 saturated heterocycles. The lowest BCUT2D eigenvalue weighted by Crippen LogP contribution is -2.13. The van der Waals surface area contributed by atoms with Gasteiger partial charge in [-0.3, -0.25) is 14.9 Å². The van der Waals surface area contributed by atoms with Gasteiger partial charge in [-0.05, 0) is 23.6 Å². The molecule has 3 rings (SSSR count). The highest BCUT2D eigenvalue weighted by molar-refractivity contribution is 7.13. The van der Waals surface area contributed by atoms with Gasteiger partial charge in [0.1, 0.15) is 5.69 Å². The minimum absolute atomic E-state index is 0.248. The molecule has 0 bridgehead atoms. The van der Waals surface area contributed by atoms with Crippen molar-refractivity contribution in [3.05, 3.63) is 52.6 Å². The van der Waals surface area contributed by atoms with Gasteiger partial charge >= 0.3 is 0 Å². The fourth-order valence-electron chi connectivity index (χ4n) is 1.65. The second-order valence-corrected chi connectivity index (χ2v) is 5.34. The van der Waals surface area contributed by atoms with Crippen LogP contribution in [0.15, 0.2) is 41.9 Å². The molecule has 20 heavy (non-hydrogen) atoms. The topological polar surface area (TPSA) is 70.7 Å². The summed E-state index contributed by atoms with van der Waals surface area (Å²) in [5.74, 6) is 0.0944. The highest BCUT2D eigenvalue weighted by Crippen LogP contribution is 2.24. The van der Waals surface area contributed by atoms with Crippen LogP contribution >= 0.6 is 22.9 Å². The first kappa shape index (κ1) is 12.8. The molecule has 3 heterocycles. The summed E-state index contributed by atoms with van der Waals surface area (Å²) in [5, 5.41) is 12.0. The van der Waals surface area contributed by atoms with Crippen LogP contribution in [0.4, 0.5) is 5.82 Å². The molecule has 7 heteroatoms. The number of hydrogen-bond donors (Lipinski definition) is 2. The van der Waals surface area contributed by atoms with Crippen LogP contribution in [0.25, 0.3) is 10.6 Å². The molecule has 0 unspecified atom stereocenters. The Hall–Kier alpha value is -2.18. The fourth-order valence-corrected chi connectivity index (χ4v) is 2.51. The predicted octanol–water partition coefficient (Wildman–Crippen LogP) is 3.44. The standard InChI is InChI=1S/C13H9ClN4OS/c14-8-3-4-15-10(6-8)13(19)16-12-7-9(17-18-12)11-2-1-5-20-11/h1-7H,(H2,16,17,18,19). The predicted molar refractivity (Wildman–Crippen MR) is 79.1 cm³/mol. The Bertz CT molecular complexity index is 738. The first-order valence-corrected chi connectivity index (χ1v) is 7.00. The molecule has 0 aliphatic heterocycles. The first-order chi connectivity index (χ1) is 9.72. The smallest absolute Gasteiger partial charge is 0.275 e. The molecule has 0 aliphatic carbocycles. The molecule has 3 aromatic heterocycles. The quantitative estimate of drug-likeness (QED) is 0.778. The molecule has 2 N–H and O–H groups in total. The minimum Gasteiger partial charge on any atom is -0.304 e. The van der Waals surface area contributed by atoms with E-state index in [4.69, 9.17) is 11.6 Å². The first-order valence-electron chi connectivity index (χ1n) is 5.74. The number of carbonyl (C=O) groups is 1. The lowest BCUT2D eigenvalue weighted by molar-refractivity contribution is 0.102. The molecule has 0 spiro atoms. The number of carbonyl (C=O) groups excluding carboxylic acids is 1. The molecular weight excluding hydrogens is 296 g/mol. The zero-order chi connectivity index (χ0) is 13.9. The number of nitrogens with one attached hydrogen (secondary N) is 2. The summed E-state index contributed by atoms with van der Waals surface area (Å²) >= 11 is 7.42. The number of H-pyrrole nitrogens is 1. The van der Waals surface area contributed by atoms with E-state index in [0.717, 1.165) is 10.6 Å². The SMILES string of the molecule is O=C(Nc1cc(-c2cccs2)[nH]n1)c1cc(Cl)ccn1. The largest absolute Gasteiger partial charge is 0.304 e. The second-order valence-electron chi connectivity index (χ2n) is 3.96. The van der Waals surface area contributed by atoms with Crippen LogP contribution < -0.4 is 5.32 Å². The van der Waals surface area contributed by atoms with Crippen LogP contribution in [0.3, 0.4) is 0 Å². The molecule has 0 aromatic carbocycles. The number of rotatable bonds is 3. The van der Waals surface area contributed by atoms with Gasteiger partial charge in [-0.2, -0.15) is 5.10 Å². The van der Waals surface area contributed by atoms with Crippen molar-refractivity contribution in [1.29, 1.82) is 0 Å². The summed E-state index contributed by atoms with van der Waals surface area (Å²) in [6.07, 6.45) is 1.48. The van der Waals surface area contributed by atoms with E-state index < -0.39 is 0 Å². The Kier molecular flexibility index (Phi) is 3.49. The molecular formula is C13H9ClN4OS. The summed E-state index contributed by atoms with van der Waals surface area (Å²) in [4.78, 5) is 17.0. The van der Waals surface area contributed by atoms with Crippen molar-refractivity contribution >= 4 is 34.7 Å². The average Bonchev–Trinajstić information content (AvgIpc) is 3.08. The van der Waals surface area contributed by atoms with E-state index in [2.05, 4.69) is 20.5 Å². The summed E-state index contributed by atoms with van der Waals surface area (Å²) in [6.45, 7) is 0. The summed E-state index contributed by atoms with van der Waals surface area (Å²) < 4.78 is 0. The van der Waals surface area contributed by atoms with E-state index in [-0.39, 0.29) is 11.6 Å². The Balaban J connectivity index is 1.77. The third-order valence-corrected chi connectivity index (χ3v) is 3.70. The molecule has 0 fully saturated rings. The maximum atomic E-state index is 12.0. The number of aromatic amines is 1. The van der Waals surface area contributed by atoms with Crippen molar-refractivity contribution in [3.8, 4) is 10.6 Å². The van der Waals surface area contributed by atoms with Crippen LogP contribution in [-0.4, -0.2) is 21.1 Å². The summed E-state index contributed by atoms with van der Waals surface area (Å²) in [6, 6.07) is 8.82. The number of aromatic nitrogens is 3. The monoisotopic (exact) mass is 304 g/mol. The number of anilines is 1. The summed E-state index contributed by atoms with van der Waals surface area (Å²) in [7, 11) is 0. The highest BCUT2D eigenvalue weighted by atomic mass is 35.5. The maximum Gasteiger partial charge on any atom is 0.275 e. The van der Waals surface area contributed by atoms with Crippen LogP contribution in [0.1, 0.15) is 10.5 Å². The molecule has 0 atom stereocenters. The second kappa shape index (κ2) is 5.44. The number of thiophene rings is 1. The number of nitrogens with zero attached hydrogens (tertiary/aromatic N) is 2. The molecule has 5 nitrogen and oxygen atoms in total. The summed E-state index contributed by atoms with van der Waals surface area (Å²) in [5.41, 5.74) is 1.10. The van der Waals surface area contributed by atoms with Gasteiger partial charge in [0.15, 0.2) is 5.82 Å². The third kappa shape index (κ3) is 2.71. The van der Waals surface area contributed by atoms with Crippen LogP contribution in [0, 0.1) is 0 Å². The Morgan fingerprint density at radius 1 is 1.35 bits per heavy atom. The van der Waals surface area contributed by atoms with Crippen molar-refractivity contribution in [2.24, 2.45) is 0 Å². The lowest BCUT2D eigenvalue weighted by atomic mass is 10.3. The average molecular weight is 305 g/mol. The van der Waals surface area contributed by atoms with Crippen molar-refractivity contribution in [3.63, 3.8) is 0 Å². The van der Waals surface area contributed by atoms with Gasteiger partial charge in [0, 0.05) is 17.3 Å². The lowest BCUT2D eigenvalue weighted by Gasteiger charge is -2.00. The molecule has 3 aromatic rings. The molecule has 1 amide bonds. The van der Waals surface area contributed by atoms with E-state index in [1.54, 1.807) is 23.5 Å². The van der Waals surface area contributed by atoms with Gasteiger partial charge in [-0.15, -0.1) is 11.3 Å². The van der Waals surface area contributed by atoms with Crippen molar-refractivity contribution < 1.29 is 4.79 Å². The number of pyridine rings is 1. The van der Waals surface area contributed by atoms with Gasteiger partial charge in [0.2, 0.25) is 0 Å². The van der Waals surface area contributed by atoms with Gasteiger partial charge in [-0.25, -0.2) is 0 Å². The van der Waals surface area contributed by atoms with E-state index >= 15 is 0 Å². The Labute approximate surface area is 123 Å². The van der Waals surface area contributed by atoms with Crippen LogP contribution in [-0.2, 0) is 0 Å². The van der Waals surface area contributed by atoms with Crippen molar-refractivity contribution in [2.45, 2.75) is 0 Å². The zero-order valence-electron chi connectivity index (χ0n) is 10.1. The molecule has 100 valence electrons. The van der Waals surface area contributed by atoms with E-state index in [1.165, 1.54) is 12.3 Å². The van der Waals surface area contributed by atoms with E-state index in [1.807, 2.05) is 17.5 Å². The molecule has 0 radical (unpaired) electrons. The van der Waals surface area contributed by atoms with Gasteiger partial charge < -0.3 is 5.32 Å². The Morgan fingerprint density at radius 2 is 2.25 bits per heavy atom. The van der Waals surface area contributed by atoms with Gasteiger partial charge in [0.05, 0.1) is 10.6 Å². The molecule has 0 aliphatic rings. The zero-order valence-corrected chi connectivity index (χ0v) is 11.7. The number of halogens is 1. The normalized spacial score (nSPS) is 10.4. The van der Waals surface area contributed by atoms with Gasteiger partial charge in [-0.1, -0.05) is 17.7 Å². The van der Waals surface area contributed by atoms with Crippen molar-refractivity contribution in [2.75, 3.05) is 5.32 Å². The fraction of sp³-hybridized carbons (Fsp3) is 0. The van der Waals surface area contributed by atoms with Crippen molar-refractivity contribution in [1.82, 2.24) is 15.2 Å². The van der Waals surface area contributed by atoms with Crippen LogP contribution in [0.5, 0.6) is 0 Å². The van der Waals surface area contributed by atoms with Crippen LogP contribution in [0.2, 0.25) is 5.02 Å². The molecule has 0 saturated carbocycles. The highest BCUT2D eigenvalue weighted by Gasteiger charge is 2.11. The number of amides is 1. The third-order valence-electron chi connectivity index (χ3n) is 2.56. The van der Waals surface area contributed by atoms with E-state index in [9.17, 15) is 4.79 Å². The minimum atomic E-state index is -0.350.